The summed E-state index contributed by atoms with van der Waals surface area (Å²) >= 11 is 0. The fraction of sp³-hybridized carbons (Fsp3) is 0.783. The van der Waals surface area contributed by atoms with E-state index in [1.54, 1.807) is 11.0 Å². The van der Waals surface area contributed by atoms with Gasteiger partial charge in [0.2, 0.25) is 5.91 Å². The van der Waals surface area contributed by atoms with Crippen LogP contribution in [0.1, 0.15) is 40.5 Å². The van der Waals surface area contributed by atoms with Gasteiger partial charge in [0.15, 0.2) is 9.04 Å². The lowest BCUT2D eigenvalue weighted by Crippen LogP contribution is -2.66. The van der Waals surface area contributed by atoms with Crippen molar-refractivity contribution in [3.63, 3.8) is 0 Å². The van der Waals surface area contributed by atoms with Crippen molar-refractivity contribution in [2.24, 2.45) is 29.1 Å². The van der Waals surface area contributed by atoms with E-state index < -0.39 is 9.04 Å². The Hall–Kier alpha value is -1.67. The zero-order chi connectivity index (χ0) is 23.3. The van der Waals surface area contributed by atoms with Crippen LogP contribution in [-0.4, -0.2) is 64.1 Å². The number of hydrogen-bond donors (Lipinski definition) is 1. The molecule has 0 bridgehead atoms. The highest BCUT2D eigenvalue weighted by Crippen LogP contribution is 2.41. The van der Waals surface area contributed by atoms with Gasteiger partial charge in [-0.15, -0.1) is 0 Å². The van der Waals surface area contributed by atoms with Crippen molar-refractivity contribution >= 4 is 26.8 Å². The van der Waals surface area contributed by atoms with E-state index in [0.717, 1.165) is 0 Å². The normalized spacial score (nSPS) is 24.2. The molecular weight excluding hydrogens is 412 g/mol. The Morgan fingerprint density at radius 3 is 2.39 bits per heavy atom. The largest absolute Gasteiger partial charge is 0.445 e. The first-order valence-corrected chi connectivity index (χ1v) is 14.2. The second-order valence-electron chi connectivity index (χ2n) is 10.2. The molecule has 176 valence electrons. The van der Waals surface area contributed by atoms with Crippen LogP contribution in [0.5, 0.6) is 0 Å². The van der Waals surface area contributed by atoms with E-state index in [1.165, 1.54) is 0 Å². The minimum atomic E-state index is -1.20. The summed E-state index contributed by atoms with van der Waals surface area (Å²) in [6.07, 6.45) is 2.44. The molecule has 4 atom stereocenters. The third kappa shape index (κ3) is 6.41. The van der Waals surface area contributed by atoms with Crippen LogP contribution in [0.3, 0.4) is 0 Å². The molecule has 1 N–H and O–H groups in total. The summed E-state index contributed by atoms with van der Waals surface area (Å²) < 4.78 is 11.1. The summed E-state index contributed by atoms with van der Waals surface area (Å²) in [5.41, 5.74) is -0.0934. The quantitative estimate of drug-likeness (QED) is 0.330. The summed E-state index contributed by atoms with van der Waals surface area (Å²) in [6, 6.07) is -0.155. The highest BCUT2D eigenvalue weighted by Gasteiger charge is 2.52. The minimum absolute atomic E-state index is 0.0263. The average Bonchev–Trinajstić information content (AvgIpc) is 2.71. The molecule has 31 heavy (non-hydrogen) atoms. The number of ketones is 1. The molecule has 2 saturated heterocycles. The van der Waals surface area contributed by atoms with Gasteiger partial charge in [0.05, 0.1) is 12.0 Å². The number of carbonyl (C=O) groups excluding carboxylic acids is 3. The highest BCUT2D eigenvalue weighted by molar-refractivity contribution is 6.48. The number of β-lactam (4-membered cyclic amide) rings is 1. The Morgan fingerprint density at radius 1 is 1.29 bits per heavy atom. The first-order valence-electron chi connectivity index (χ1n) is 11.5. The smallest absolute Gasteiger partial charge is 0.410 e. The molecule has 0 aromatic heterocycles. The van der Waals surface area contributed by atoms with Crippen LogP contribution in [0.25, 0.3) is 0 Å². The van der Waals surface area contributed by atoms with Crippen molar-refractivity contribution in [2.75, 3.05) is 26.3 Å². The van der Waals surface area contributed by atoms with Crippen molar-refractivity contribution in [3.8, 4) is 0 Å². The maximum atomic E-state index is 13.2. The molecule has 2 aliphatic rings. The molecular formula is C23H40N2O5Si. The van der Waals surface area contributed by atoms with Gasteiger partial charge in [-0.25, -0.2) is 4.79 Å². The Balaban J connectivity index is 1.99. The summed E-state index contributed by atoms with van der Waals surface area (Å²) in [5.74, 6) is -0.282. The summed E-state index contributed by atoms with van der Waals surface area (Å²) in [7, 11) is -1.20. The van der Waals surface area contributed by atoms with Crippen LogP contribution >= 0.6 is 0 Å². The minimum Gasteiger partial charge on any atom is -0.445 e. The molecule has 0 spiro atoms. The first kappa shape index (κ1) is 25.6. The Morgan fingerprint density at radius 2 is 1.90 bits per heavy atom. The Labute approximate surface area is 188 Å². The topological polar surface area (TPSA) is 84.9 Å². The number of nitrogens with one attached hydrogen (secondary N) is 1. The van der Waals surface area contributed by atoms with E-state index in [0.29, 0.717) is 32.5 Å². The van der Waals surface area contributed by atoms with Gasteiger partial charge >= 0.3 is 6.09 Å². The molecule has 0 aromatic carbocycles. The van der Waals surface area contributed by atoms with Crippen LogP contribution in [0.4, 0.5) is 4.79 Å². The maximum Gasteiger partial charge on any atom is 0.410 e. The van der Waals surface area contributed by atoms with E-state index in [9.17, 15) is 14.4 Å². The fourth-order valence-electron chi connectivity index (χ4n) is 4.59. The lowest BCUT2D eigenvalue weighted by Gasteiger charge is -2.49. The van der Waals surface area contributed by atoms with Crippen LogP contribution in [0.2, 0.25) is 13.1 Å². The first-order chi connectivity index (χ1) is 14.5. The van der Waals surface area contributed by atoms with Crippen LogP contribution in [-0.2, 0) is 18.8 Å². The van der Waals surface area contributed by atoms with E-state index in [4.69, 9.17) is 9.16 Å². The van der Waals surface area contributed by atoms with Gasteiger partial charge in [0.1, 0.15) is 12.4 Å². The molecule has 0 saturated carbocycles. The highest BCUT2D eigenvalue weighted by atomic mass is 28.3. The summed E-state index contributed by atoms with van der Waals surface area (Å²) in [4.78, 5) is 39.4. The molecule has 2 rings (SSSR count). The summed E-state index contributed by atoms with van der Waals surface area (Å²) in [5, 5.41) is 3.01. The molecule has 7 nitrogen and oxygen atoms in total. The van der Waals surface area contributed by atoms with Crippen LogP contribution in [0, 0.1) is 29.1 Å². The number of rotatable bonds is 9. The lowest BCUT2D eigenvalue weighted by atomic mass is 9.64. The third-order valence-electron chi connectivity index (χ3n) is 6.62. The van der Waals surface area contributed by atoms with Crippen LogP contribution < -0.4 is 5.32 Å². The van der Waals surface area contributed by atoms with Gasteiger partial charge in [-0.2, -0.15) is 0 Å². The third-order valence-corrected chi connectivity index (χ3v) is 7.48. The van der Waals surface area contributed by atoms with E-state index in [1.807, 2.05) is 6.92 Å². The van der Waals surface area contributed by atoms with Gasteiger partial charge in [0.25, 0.3) is 0 Å². The second kappa shape index (κ2) is 10.8. The van der Waals surface area contributed by atoms with Gasteiger partial charge in [-0.3, -0.25) is 9.59 Å². The number of ether oxygens (including phenoxy) is 1. The van der Waals surface area contributed by atoms with Crippen molar-refractivity contribution < 1.29 is 23.5 Å². The van der Waals surface area contributed by atoms with E-state index >= 15 is 0 Å². The lowest BCUT2D eigenvalue weighted by molar-refractivity contribution is -0.147. The molecule has 2 aliphatic heterocycles. The van der Waals surface area contributed by atoms with Crippen molar-refractivity contribution in [1.82, 2.24) is 10.2 Å². The predicted octanol–water partition coefficient (Wildman–Crippen LogP) is 3.00. The monoisotopic (exact) mass is 452 g/mol. The molecule has 2 amide bonds. The number of piperidine rings is 1. The van der Waals surface area contributed by atoms with Crippen molar-refractivity contribution in [2.45, 2.75) is 59.7 Å². The van der Waals surface area contributed by atoms with Crippen molar-refractivity contribution in [3.05, 3.63) is 12.7 Å². The molecule has 2 fully saturated rings. The standard InChI is InChI=1S/C23H40N2O5Si/c1-8-13-29-22(28)25-11-9-16(10-12-25)20(26)15(2)19-18(21(27)24-19)17(23(3,4)5)14-30-31(6)7/h8,15-19,31H,1,9-14H2,2-7H3,(H,24,27)/t15?,17-,18+,19-/m1/s1. The Bertz CT molecular complexity index is 667. The molecule has 0 aliphatic carbocycles. The number of amides is 2. The van der Waals surface area contributed by atoms with Crippen molar-refractivity contribution in [1.29, 1.82) is 0 Å². The summed E-state index contributed by atoms with van der Waals surface area (Å²) in [6.45, 7) is 17.9. The average molecular weight is 453 g/mol. The van der Waals surface area contributed by atoms with E-state index in [-0.39, 0.29) is 59.5 Å². The van der Waals surface area contributed by atoms with Gasteiger partial charge in [0, 0.05) is 31.5 Å². The van der Waals surface area contributed by atoms with Crippen LogP contribution in [0.15, 0.2) is 12.7 Å². The maximum absolute atomic E-state index is 13.2. The van der Waals surface area contributed by atoms with Gasteiger partial charge in [-0.1, -0.05) is 40.3 Å². The molecule has 8 heteroatoms. The van der Waals surface area contributed by atoms with E-state index in [2.05, 4.69) is 45.8 Å². The zero-order valence-corrected chi connectivity index (χ0v) is 21.1. The predicted molar refractivity (Wildman–Crippen MR) is 123 cm³/mol. The molecule has 1 unspecified atom stereocenters. The second-order valence-corrected chi connectivity index (χ2v) is 12.7. The SMILES string of the molecule is C=CCOC(=O)N1CCC(C(=O)C(C)[C@H]2NC(=O)[C@H]2[C@@H](CO[SiH](C)C)C(C)(C)C)CC1. The van der Waals surface area contributed by atoms with Gasteiger partial charge in [-0.05, 0) is 37.3 Å². The number of carbonyl (C=O) groups is 3. The molecule has 0 radical (unpaired) electrons. The molecule has 0 aromatic rings. The number of Topliss-reactive ketones (excluding diaryl/α,β-unsaturated/α-hetero) is 1. The zero-order valence-electron chi connectivity index (χ0n) is 20.0. The fourth-order valence-corrected chi connectivity index (χ4v) is 5.18. The number of nitrogens with zero attached hydrogens (tertiary/aromatic N) is 1. The number of likely N-dealkylation sites (tertiary alicyclic amines) is 1. The Kier molecular flexibility index (Phi) is 8.89. The van der Waals surface area contributed by atoms with Gasteiger partial charge < -0.3 is 19.4 Å². The molecule has 2 heterocycles. The number of hydrogen-bond acceptors (Lipinski definition) is 5.